The first kappa shape index (κ1) is 15.8. The van der Waals surface area contributed by atoms with Crippen LogP contribution in [0, 0.1) is 5.92 Å². The van der Waals surface area contributed by atoms with Gasteiger partial charge in [-0.1, -0.05) is 18.2 Å². The van der Waals surface area contributed by atoms with Gasteiger partial charge in [-0.25, -0.2) is 0 Å². The number of hydrogen-bond donors (Lipinski definition) is 1. The van der Waals surface area contributed by atoms with Crippen LogP contribution in [0.5, 0.6) is 5.75 Å². The second-order valence-corrected chi connectivity index (χ2v) is 6.54. The molecule has 25 heavy (non-hydrogen) atoms. The highest BCUT2D eigenvalue weighted by Gasteiger charge is 2.19. The number of aromatic nitrogens is 3. The fourth-order valence-electron chi connectivity index (χ4n) is 3.35. The summed E-state index contributed by atoms with van der Waals surface area (Å²) in [7, 11) is 1.95. The molecule has 4 rings (SSSR count). The van der Waals surface area contributed by atoms with Gasteiger partial charge in [-0.2, -0.15) is 5.10 Å². The van der Waals surface area contributed by atoms with E-state index in [1.54, 1.807) is 6.20 Å². The zero-order chi connectivity index (χ0) is 17.1. The van der Waals surface area contributed by atoms with Gasteiger partial charge >= 0.3 is 0 Å². The van der Waals surface area contributed by atoms with E-state index in [1.807, 2.05) is 36.1 Å². The lowest BCUT2D eigenvalue weighted by Gasteiger charge is -2.25. The molecule has 0 saturated heterocycles. The summed E-state index contributed by atoms with van der Waals surface area (Å²) in [4.78, 5) is 4.20. The molecule has 1 unspecified atom stereocenters. The lowest BCUT2D eigenvalue weighted by Crippen LogP contribution is -2.31. The smallest absolute Gasteiger partial charge is 0.122 e. The predicted molar refractivity (Wildman–Crippen MR) is 97.3 cm³/mol. The molecule has 3 aromatic rings. The molecule has 2 aromatic heterocycles. The van der Waals surface area contributed by atoms with Gasteiger partial charge in [0.25, 0.3) is 0 Å². The first-order chi connectivity index (χ1) is 12.3. The average molecular weight is 334 g/mol. The van der Waals surface area contributed by atoms with E-state index in [1.165, 1.54) is 11.1 Å². The zero-order valence-corrected chi connectivity index (χ0v) is 14.4. The minimum absolute atomic E-state index is 0.494. The SMILES string of the molecule is Cn1cc(CNCC2COc3ccccc3C2)c(-c2cccnc2)n1. The summed E-state index contributed by atoms with van der Waals surface area (Å²) >= 11 is 0. The maximum atomic E-state index is 5.87. The van der Waals surface area contributed by atoms with Crippen molar-refractivity contribution in [2.75, 3.05) is 13.2 Å². The number of hydrogen-bond acceptors (Lipinski definition) is 4. The van der Waals surface area contributed by atoms with Crippen LogP contribution in [0.4, 0.5) is 0 Å². The fraction of sp³-hybridized carbons (Fsp3) is 0.300. The van der Waals surface area contributed by atoms with Gasteiger partial charge in [0.2, 0.25) is 0 Å². The van der Waals surface area contributed by atoms with Gasteiger partial charge in [0, 0.05) is 55.8 Å². The Labute approximate surface area is 147 Å². The van der Waals surface area contributed by atoms with Gasteiger partial charge in [0.05, 0.1) is 12.3 Å². The van der Waals surface area contributed by atoms with Gasteiger partial charge in [0.15, 0.2) is 0 Å². The highest BCUT2D eigenvalue weighted by Crippen LogP contribution is 2.26. The van der Waals surface area contributed by atoms with Gasteiger partial charge < -0.3 is 10.1 Å². The Kier molecular flexibility index (Phi) is 4.48. The third kappa shape index (κ3) is 3.56. The van der Waals surface area contributed by atoms with E-state index in [0.717, 1.165) is 43.1 Å². The number of nitrogens with zero attached hydrogens (tertiary/aromatic N) is 3. The van der Waals surface area contributed by atoms with E-state index >= 15 is 0 Å². The largest absolute Gasteiger partial charge is 0.493 e. The van der Waals surface area contributed by atoms with E-state index in [-0.39, 0.29) is 0 Å². The molecule has 0 fully saturated rings. The summed E-state index contributed by atoms with van der Waals surface area (Å²) in [6.07, 6.45) is 6.77. The maximum Gasteiger partial charge on any atom is 0.122 e. The van der Waals surface area contributed by atoms with Crippen molar-refractivity contribution in [2.24, 2.45) is 13.0 Å². The number of rotatable bonds is 5. The maximum absolute atomic E-state index is 5.87. The lowest BCUT2D eigenvalue weighted by atomic mass is 9.96. The number of ether oxygens (including phenoxy) is 1. The molecule has 0 aliphatic carbocycles. The van der Waals surface area contributed by atoms with Crippen LogP contribution in [0.2, 0.25) is 0 Å². The Balaban J connectivity index is 1.38. The average Bonchev–Trinajstić information content (AvgIpc) is 3.03. The first-order valence-electron chi connectivity index (χ1n) is 8.64. The standard InChI is InChI=1S/C20H22N4O/c1-24-13-18(20(23-24)17-6-4-8-21-11-17)12-22-10-15-9-16-5-2-3-7-19(16)25-14-15/h2-8,11,13,15,22H,9-10,12,14H2,1H3. The van der Waals surface area contributed by atoms with Crippen molar-refractivity contribution in [1.82, 2.24) is 20.1 Å². The Morgan fingerprint density at radius 3 is 3.04 bits per heavy atom. The molecule has 3 heterocycles. The molecule has 0 radical (unpaired) electrons. The molecular formula is C20H22N4O. The normalized spacial score (nSPS) is 16.3. The quantitative estimate of drug-likeness (QED) is 0.779. The second-order valence-electron chi connectivity index (χ2n) is 6.54. The minimum atomic E-state index is 0.494. The number of fused-ring (bicyclic) bond motifs is 1. The Hall–Kier alpha value is -2.66. The number of pyridine rings is 1. The van der Waals surface area contributed by atoms with Gasteiger partial charge in [-0.15, -0.1) is 0 Å². The molecular weight excluding hydrogens is 312 g/mol. The van der Waals surface area contributed by atoms with Crippen LogP contribution in [0.15, 0.2) is 55.0 Å². The van der Waals surface area contributed by atoms with Gasteiger partial charge in [-0.05, 0) is 30.2 Å². The molecule has 1 atom stereocenters. The van der Waals surface area contributed by atoms with Crippen molar-refractivity contribution in [1.29, 1.82) is 0 Å². The van der Waals surface area contributed by atoms with Crippen LogP contribution in [0.25, 0.3) is 11.3 Å². The van der Waals surface area contributed by atoms with Crippen molar-refractivity contribution in [3.8, 4) is 17.0 Å². The van der Waals surface area contributed by atoms with E-state index < -0.39 is 0 Å². The molecule has 0 spiro atoms. The van der Waals surface area contributed by atoms with Crippen molar-refractivity contribution < 1.29 is 4.74 Å². The van der Waals surface area contributed by atoms with Crippen LogP contribution in [0.3, 0.4) is 0 Å². The molecule has 5 nitrogen and oxygen atoms in total. The molecule has 1 aromatic carbocycles. The van der Waals surface area contributed by atoms with E-state index in [9.17, 15) is 0 Å². The first-order valence-corrected chi connectivity index (χ1v) is 8.64. The van der Waals surface area contributed by atoms with Gasteiger partial charge in [-0.3, -0.25) is 9.67 Å². The molecule has 128 valence electrons. The lowest BCUT2D eigenvalue weighted by molar-refractivity contribution is 0.218. The van der Waals surface area contributed by atoms with Crippen LogP contribution >= 0.6 is 0 Å². The van der Waals surface area contributed by atoms with Crippen molar-refractivity contribution in [3.63, 3.8) is 0 Å². The van der Waals surface area contributed by atoms with Crippen LogP contribution in [-0.2, 0) is 20.0 Å². The summed E-state index contributed by atoms with van der Waals surface area (Å²) < 4.78 is 7.73. The van der Waals surface area contributed by atoms with Gasteiger partial charge in [0.1, 0.15) is 5.75 Å². The highest BCUT2D eigenvalue weighted by molar-refractivity contribution is 5.61. The molecule has 5 heteroatoms. The number of para-hydroxylation sites is 1. The van der Waals surface area contributed by atoms with E-state index in [4.69, 9.17) is 4.74 Å². The fourth-order valence-corrected chi connectivity index (χ4v) is 3.35. The van der Waals surface area contributed by atoms with Crippen molar-refractivity contribution in [2.45, 2.75) is 13.0 Å². The summed E-state index contributed by atoms with van der Waals surface area (Å²) in [6.45, 7) is 2.48. The monoisotopic (exact) mass is 334 g/mol. The van der Waals surface area contributed by atoms with Crippen molar-refractivity contribution in [3.05, 3.63) is 66.1 Å². The summed E-state index contributed by atoms with van der Waals surface area (Å²) in [5.41, 5.74) is 4.54. The van der Waals surface area contributed by atoms with E-state index in [2.05, 4.69) is 39.8 Å². The Morgan fingerprint density at radius 1 is 1.24 bits per heavy atom. The predicted octanol–water partition coefficient (Wildman–Crippen LogP) is 2.82. The van der Waals surface area contributed by atoms with Crippen LogP contribution < -0.4 is 10.1 Å². The third-order valence-electron chi connectivity index (χ3n) is 4.54. The zero-order valence-electron chi connectivity index (χ0n) is 14.4. The number of aryl methyl sites for hydroxylation is 1. The number of nitrogens with one attached hydrogen (secondary N) is 1. The molecule has 0 amide bonds. The third-order valence-corrected chi connectivity index (χ3v) is 4.54. The summed E-state index contributed by atoms with van der Waals surface area (Å²) in [6, 6.07) is 12.3. The minimum Gasteiger partial charge on any atom is -0.493 e. The summed E-state index contributed by atoms with van der Waals surface area (Å²) in [5, 5.41) is 8.16. The Morgan fingerprint density at radius 2 is 2.16 bits per heavy atom. The molecule has 1 aliphatic heterocycles. The van der Waals surface area contributed by atoms with Crippen LogP contribution in [0.1, 0.15) is 11.1 Å². The molecule has 1 N–H and O–H groups in total. The highest BCUT2D eigenvalue weighted by atomic mass is 16.5. The summed E-state index contributed by atoms with van der Waals surface area (Å²) in [5.74, 6) is 1.53. The Bertz CT molecular complexity index is 844. The molecule has 0 bridgehead atoms. The van der Waals surface area contributed by atoms with Crippen LogP contribution in [-0.4, -0.2) is 27.9 Å². The van der Waals surface area contributed by atoms with Crippen molar-refractivity contribution >= 4 is 0 Å². The number of benzene rings is 1. The van der Waals surface area contributed by atoms with E-state index in [0.29, 0.717) is 5.92 Å². The molecule has 0 saturated carbocycles. The second kappa shape index (κ2) is 7.07. The topological polar surface area (TPSA) is 52.0 Å². The molecule has 1 aliphatic rings.